The number of morpholine rings is 1. The van der Waals surface area contributed by atoms with Gasteiger partial charge in [-0.25, -0.2) is 4.98 Å². The van der Waals surface area contributed by atoms with Gasteiger partial charge in [0.2, 0.25) is 0 Å². The fourth-order valence-electron chi connectivity index (χ4n) is 2.12. The molecule has 1 saturated heterocycles. The number of aryl methyl sites for hydroxylation is 2. The molecule has 2 heterocycles. The van der Waals surface area contributed by atoms with Gasteiger partial charge in [-0.3, -0.25) is 0 Å². The highest BCUT2D eigenvalue weighted by Crippen LogP contribution is 2.25. The second kappa shape index (κ2) is 4.06. The number of nitrogens with two attached hydrogens (primary N) is 1. The maximum absolute atomic E-state index is 5.70. The van der Waals surface area contributed by atoms with Gasteiger partial charge >= 0.3 is 0 Å². The van der Waals surface area contributed by atoms with Crippen molar-refractivity contribution in [2.75, 3.05) is 36.9 Å². The van der Waals surface area contributed by atoms with Gasteiger partial charge in [0, 0.05) is 13.1 Å². The first-order valence-electron chi connectivity index (χ1n) is 5.25. The highest BCUT2D eigenvalue weighted by atomic mass is 16.5. The summed E-state index contributed by atoms with van der Waals surface area (Å²) in [5, 5.41) is 0. The van der Waals surface area contributed by atoms with Crippen molar-refractivity contribution in [3.63, 3.8) is 0 Å². The molecule has 4 heteroatoms. The van der Waals surface area contributed by atoms with Crippen molar-refractivity contribution in [2.24, 2.45) is 0 Å². The maximum Gasteiger partial charge on any atom is 0.124 e. The zero-order chi connectivity index (χ0) is 10.8. The van der Waals surface area contributed by atoms with Gasteiger partial charge in [0.05, 0.1) is 24.6 Å². The molecule has 0 saturated carbocycles. The molecule has 0 aromatic carbocycles. The molecule has 15 heavy (non-hydrogen) atoms. The molecule has 0 aliphatic carbocycles. The predicted molar refractivity (Wildman–Crippen MR) is 61.2 cm³/mol. The van der Waals surface area contributed by atoms with Crippen molar-refractivity contribution in [3.05, 3.63) is 17.3 Å². The average molecular weight is 207 g/mol. The van der Waals surface area contributed by atoms with Crippen LogP contribution in [0.25, 0.3) is 0 Å². The molecule has 0 bridgehead atoms. The normalized spacial score (nSPS) is 16.8. The van der Waals surface area contributed by atoms with Gasteiger partial charge in [0.1, 0.15) is 5.82 Å². The zero-order valence-electron chi connectivity index (χ0n) is 9.29. The van der Waals surface area contributed by atoms with Gasteiger partial charge in [-0.1, -0.05) is 0 Å². The van der Waals surface area contributed by atoms with E-state index in [9.17, 15) is 0 Å². The lowest BCUT2D eigenvalue weighted by Gasteiger charge is -2.31. The molecule has 1 fully saturated rings. The number of pyridine rings is 1. The first kappa shape index (κ1) is 10.2. The summed E-state index contributed by atoms with van der Waals surface area (Å²) in [6.45, 7) is 7.55. The highest BCUT2D eigenvalue weighted by molar-refractivity contribution is 5.60. The number of nitrogens with zero attached hydrogens (tertiary/aromatic N) is 2. The number of aromatic nitrogens is 1. The Labute approximate surface area is 90.0 Å². The number of hydrogen-bond acceptors (Lipinski definition) is 4. The van der Waals surface area contributed by atoms with Crippen LogP contribution in [0.2, 0.25) is 0 Å². The monoisotopic (exact) mass is 207 g/mol. The van der Waals surface area contributed by atoms with E-state index in [-0.39, 0.29) is 0 Å². The molecular formula is C11H17N3O. The van der Waals surface area contributed by atoms with E-state index in [4.69, 9.17) is 10.5 Å². The quantitative estimate of drug-likeness (QED) is 0.749. The van der Waals surface area contributed by atoms with E-state index >= 15 is 0 Å². The summed E-state index contributed by atoms with van der Waals surface area (Å²) in [5.41, 5.74) is 9.12. The maximum atomic E-state index is 5.70. The molecule has 2 rings (SSSR count). The first-order valence-corrected chi connectivity index (χ1v) is 5.25. The second-order valence-corrected chi connectivity index (χ2v) is 3.90. The minimum absolute atomic E-state index is 0.599. The predicted octanol–water partition coefficient (Wildman–Crippen LogP) is 1.12. The van der Waals surface area contributed by atoms with Crippen LogP contribution in [0, 0.1) is 13.8 Å². The molecule has 0 radical (unpaired) electrons. The third-order valence-electron chi connectivity index (χ3n) is 2.70. The Hall–Kier alpha value is -1.29. The van der Waals surface area contributed by atoms with E-state index in [2.05, 4.69) is 16.8 Å². The fraction of sp³-hybridized carbons (Fsp3) is 0.545. The lowest BCUT2D eigenvalue weighted by Crippen LogP contribution is -2.37. The molecule has 2 N–H and O–H groups in total. The number of anilines is 2. The van der Waals surface area contributed by atoms with Crippen molar-refractivity contribution in [3.8, 4) is 0 Å². The number of nitrogen functional groups attached to an aromatic ring is 1. The van der Waals surface area contributed by atoms with E-state index in [1.807, 2.05) is 13.0 Å². The number of hydrogen-bond donors (Lipinski definition) is 1. The highest BCUT2D eigenvalue weighted by Gasteiger charge is 2.16. The Balaban J connectivity index is 2.33. The molecule has 0 unspecified atom stereocenters. The van der Waals surface area contributed by atoms with Crippen LogP contribution in [0.3, 0.4) is 0 Å². The van der Waals surface area contributed by atoms with Crippen LogP contribution in [-0.2, 0) is 4.74 Å². The Kier molecular flexibility index (Phi) is 2.77. The molecule has 4 nitrogen and oxygen atoms in total. The Morgan fingerprint density at radius 2 is 2.00 bits per heavy atom. The molecule has 0 atom stereocenters. The van der Waals surface area contributed by atoms with Gasteiger partial charge in [0.25, 0.3) is 0 Å². The van der Waals surface area contributed by atoms with Crippen LogP contribution in [0.4, 0.5) is 11.5 Å². The summed E-state index contributed by atoms with van der Waals surface area (Å²) in [7, 11) is 0. The van der Waals surface area contributed by atoms with Gasteiger partial charge in [-0.05, 0) is 25.5 Å². The SMILES string of the molecule is Cc1cc(N)nc(C)c1N1CCOCC1. The van der Waals surface area contributed by atoms with Crippen molar-refractivity contribution in [2.45, 2.75) is 13.8 Å². The minimum atomic E-state index is 0.599. The van der Waals surface area contributed by atoms with E-state index in [1.54, 1.807) is 0 Å². The smallest absolute Gasteiger partial charge is 0.124 e. The Morgan fingerprint density at radius 3 is 2.60 bits per heavy atom. The van der Waals surface area contributed by atoms with E-state index in [1.165, 1.54) is 11.3 Å². The number of ether oxygens (including phenoxy) is 1. The van der Waals surface area contributed by atoms with Crippen molar-refractivity contribution >= 4 is 11.5 Å². The van der Waals surface area contributed by atoms with E-state index < -0.39 is 0 Å². The molecule has 1 aromatic heterocycles. The summed E-state index contributed by atoms with van der Waals surface area (Å²) >= 11 is 0. The molecule has 1 aliphatic heterocycles. The van der Waals surface area contributed by atoms with Gasteiger partial charge in [-0.15, -0.1) is 0 Å². The summed E-state index contributed by atoms with van der Waals surface area (Å²) in [6.07, 6.45) is 0. The third-order valence-corrected chi connectivity index (χ3v) is 2.70. The first-order chi connectivity index (χ1) is 7.18. The van der Waals surface area contributed by atoms with E-state index in [0.717, 1.165) is 32.0 Å². The van der Waals surface area contributed by atoms with Crippen LogP contribution in [0.1, 0.15) is 11.3 Å². The van der Waals surface area contributed by atoms with Crippen LogP contribution in [0.5, 0.6) is 0 Å². The molecule has 1 aromatic rings. The Bertz CT molecular complexity index is 336. The largest absolute Gasteiger partial charge is 0.384 e. The summed E-state index contributed by atoms with van der Waals surface area (Å²) in [5.74, 6) is 0.599. The van der Waals surface area contributed by atoms with Crippen molar-refractivity contribution < 1.29 is 4.74 Å². The van der Waals surface area contributed by atoms with Gasteiger partial charge in [0.15, 0.2) is 0 Å². The molecule has 0 spiro atoms. The molecule has 82 valence electrons. The zero-order valence-corrected chi connectivity index (χ0v) is 9.29. The van der Waals surface area contributed by atoms with Gasteiger partial charge < -0.3 is 15.4 Å². The van der Waals surface area contributed by atoms with Crippen LogP contribution >= 0.6 is 0 Å². The van der Waals surface area contributed by atoms with Crippen LogP contribution in [0.15, 0.2) is 6.07 Å². The standard InChI is InChI=1S/C11H17N3O/c1-8-7-10(12)13-9(2)11(8)14-3-5-15-6-4-14/h7H,3-6H2,1-2H3,(H2,12,13). The lowest BCUT2D eigenvalue weighted by molar-refractivity contribution is 0.122. The topological polar surface area (TPSA) is 51.4 Å². The second-order valence-electron chi connectivity index (χ2n) is 3.90. The molecule has 1 aliphatic rings. The molecule has 0 amide bonds. The van der Waals surface area contributed by atoms with Crippen LogP contribution in [-0.4, -0.2) is 31.3 Å². The third kappa shape index (κ3) is 2.04. The number of rotatable bonds is 1. The van der Waals surface area contributed by atoms with Crippen LogP contribution < -0.4 is 10.6 Å². The lowest BCUT2D eigenvalue weighted by atomic mass is 10.1. The summed E-state index contributed by atoms with van der Waals surface area (Å²) < 4.78 is 5.34. The average Bonchev–Trinajstić information content (AvgIpc) is 2.17. The van der Waals surface area contributed by atoms with Gasteiger partial charge in [-0.2, -0.15) is 0 Å². The summed E-state index contributed by atoms with van der Waals surface area (Å²) in [4.78, 5) is 6.62. The van der Waals surface area contributed by atoms with Crippen molar-refractivity contribution in [1.29, 1.82) is 0 Å². The molecular weight excluding hydrogens is 190 g/mol. The van der Waals surface area contributed by atoms with Crippen molar-refractivity contribution in [1.82, 2.24) is 4.98 Å². The minimum Gasteiger partial charge on any atom is -0.384 e. The Morgan fingerprint density at radius 1 is 1.33 bits per heavy atom. The van der Waals surface area contributed by atoms with E-state index in [0.29, 0.717) is 5.82 Å². The fourth-order valence-corrected chi connectivity index (χ4v) is 2.12. The summed E-state index contributed by atoms with van der Waals surface area (Å²) in [6, 6.07) is 1.93.